The third kappa shape index (κ3) is 5.37. The Kier molecular flexibility index (Phi) is 6.13. The molecule has 1 aromatic rings. The molecular formula is C21H28F4O. The second-order valence-corrected chi connectivity index (χ2v) is 8.32. The van der Waals surface area contributed by atoms with Crippen LogP contribution in [0, 0.1) is 23.6 Å². The number of rotatable bonds is 4. The average Bonchev–Trinajstić information content (AvgIpc) is 2.58. The minimum Gasteiger partial charge on any atom is -0.403 e. The summed E-state index contributed by atoms with van der Waals surface area (Å²) in [6.07, 6.45) is 6.12. The molecule has 26 heavy (non-hydrogen) atoms. The summed E-state index contributed by atoms with van der Waals surface area (Å²) in [6.45, 7) is 2.34. The van der Waals surface area contributed by atoms with Crippen molar-refractivity contribution in [1.29, 1.82) is 0 Å². The summed E-state index contributed by atoms with van der Waals surface area (Å²) in [5.41, 5.74) is 0.793. The van der Waals surface area contributed by atoms with Gasteiger partial charge in [0.15, 0.2) is 11.6 Å². The van der Waals surface area contributed by atoms with Crippen LogP contribution in [0.4, 0.5) is 17.6 Å². The van der Waals surface area contributed by atoms with Crippen molar-refractivity contribution < 1.29 is 22.3 Å². The first-order valence-corrected chi connectivity index (χ1v) is 9.85. The van der Waals surface area contributed by atoms with Crippen molar-refractivity contribution in [1.82, 2.24) is 0 Å². The molecule has 0 unspecified atom stereocenters. The van der Waals surface area contributed by atoms with E-state index in [0.717, 1.165) is 55.1 Å². The highest BCUT2D eigenvalue weighted by Crippen LogP contribution is 2.41. The maximum Gasteiger partial charge on any atom is 0.573 e. The molecule has 0 saturated heterocycles. The fourth-order valence-corrected chi connectivity index (χ4v) is 4.75. The van der Waals surface area contributed by atoms with Crippen molar-refractivity contribution in [2.75, 3.05) is 0 Å². The van der Waals surface area contributed by atoms with Crippen LogP contribution >= 0.6 is 0 Å². The van der Waals surface area contributed by atoms with E-state index in [0.29, 0.717) is 0 Å². The Labute approximate surface area is 153 Å². The lowest BCUT2D eigenvalue weighted by Gasteiger charge is -2.33. The molecule has 0 N–H and O–H groups in total. The minimum atomic E-state index is -4.86. The Balaban J connectivity index is 1.51. The third-order valence-electron chi connectivity index (χ3n) is 6.30. The van der Waals surface area contributed by atoms with E-state index in [1.54, 1.807) is 6.07 Å². The van der Waals surface area contributed by atoms with Crippen molar-refractivity contribution in [3.63, 3.8) is 0 Å². The normalized spacial score (nSPS) is 30.2. The largest absolute Gasteiger partial charge is 0.573 e. The van der Waals surface area contributed by atoms with Crippen molar-refractivity contribution in [2.45, 2.75) is 77.0 Å². The highest BCUT2D eigenvalue weighted by atomic mass is 19.4. The summed E-state index contributed by atoms with van der Waals surface area (Å²) in [5.74, 6) is 1.05. The molecule has 2 fully saturated rings. The molecule has 0 aliphatic heterocycles. The fourth-order valence-electron chi connectivity index (χ4n) is 4.75. The Bertz CT molecular complexity index is 582. The first kappa shape index (κ1) is 19.5. The van der Waals surface area contributed by atoms with Crippen LogP contribution in [0.5, 0.6) is 5.75 Å². The fraction of sp³-hybridized carbons (Fsp3) is 0.714. The van der Waals surface area contributed by atoms with E-state index in [4.69, 9.17) is 0 Å². The topological polar surface area (TPSA) is 9.23 Å². The maximum atomic E-state index is 13.9. The molecule has 0 amide bonds. The van der Waals surface area contributed by atoms with Gasteiger partial charge in [-0.2, -0.15) is 0 Å². The van der Waals surface area contributed by atoms with Gasteiger partial charge in [0.2, 0.25) is 0 Å². The highest BCUT2D eigenvalue weighted by Gasteiger charge is 2.33. The predicted molar refractivity (Wildman–Crippen MR) is 93.5 cm³/mol. The van der Waals surface area contributed by atoms with Crippen LogP contribution in [0.25, 0.3) is 0 Å². The standard InChI is InChI=1S/C21H28F4O/c1-14-2-4-15(5-3-14)12-16-6-8-17(9-7-16)18-10-11-20(19(22)13-18)26-21(23,24)25/h10-11,13-17H,2-9,12H2,1H3. The molecule has 0 radical (unpaired) electrons. The summed E-state index contributed by atoms with van der Waals surface area (Å²) in [4.78, 5) is 0. The molecule has 0 spiro atoms. The van der Waals surface area contributed by atoms with Crippen LogP contribution in [0.1, 0.15) is 76.2 Å². The lowest BCUT2D eigenvalue weighted by Crippen LogP contribution is -2.20. The number of hydrogen-bond acceptors (Lipinski definition) is 1. The predicted octanol–water partition coefficient (Wildman–Crippen LogP) is 7.21. The van der Waals surface area contributed by atoms with Crippen LogP contribution in [0.15, 0.2) is 18.2 Å². The van der Waals surface area contributed by atoms with E-state index in [1.807, 2.05) is 0 Å². The second kappa shape index (κ2) is 8.18. The van der Waals surface area contributed by atoms with E-state index >= 15 is 0 Å². The number of hydrogen-bond donors (Lipinski definition) is 0. The molecule has 5 heteroatoms. The van der Waals surface area contributed by atoms with E-state index in [-0.39, 0.29) is 5.92 Å². The molecule has 2 aliphatic rings. The lowest BCUT2D eigenvalue weighted by atomic mass is 9.72. The summed E-state index contributed by atoms with van der Waals surface area (Å²) < 4.78 is 54.4. The molecule has 2 aliphatic carbocycles. The molecule has 1 nitrogen and oxygen atoms in total. The Morgan fingerprint density at radius 3 is 2.04 bits per heavy atom. The van der Waals surface area contributed by atoms with Crippen molar-refractivity contribution in [3.05, 3.63) is 29.6 Å². The van der Waals surface area contributed by atoms with Crippen LogP contribution < -0.4 is 4.74 Å². The monoisotopic (exact) mass is 372 g/mol. The molecule has 0 heterocycles. The van der Waals surface area contributed by atoms with Gasteiger partial charge in [0.25, 0.3) is 0 Å². The van der Waals surface area contributed by atoms with Gasteiger partial charge in [0.05, 0.1) is 0 Å². The molecule has 2 saturated carbocycles. The Morgan fingerprint density at radius 2 is 1.50 bits per heavy atom. The van der Waals surface area contributed by atoms with Gasteiger partial charge in [-0.15, -0.1) is 13.2 Å². The quantitative estimate of drug-likeness (QED) is 0.507. The van der Waals surface area contributed by atoms with E-state index in [2.05, 4.69) is 11.7 Å². The Morgan fingerprint density at radius 1 is 0.923 bits per heavy atom. The second-order valence-electron chi connectivity index (χ2n) is 8.32. The number of ether oxygens (including phenoxy) is 1. The maximum absolute atomic E-state index is 13.9. The molecular weight excluding hydrogens is 344 g/mol. The molecule has 0 aromatic heterocycles. The van der Waals surface area contributed by atoms with Crippen LogP contribution in [-0.2, 0) is 0 Å². The van der Waals surface area contributed by atoms with Crippen molar-refractivity contribution in [2.24, 2.45) is 17.8 Å². The highest BCUT2D eigenvalue weighted by molar-refractivity contribution is 5.31. The summed E-state index contributed by atoms with van der Waals surface area (Å²) in [6, 6.07) is 3.90. The first-order chi connectivity index (χ1) is 12.3. The molecule has 0 atom stereocenters. The first-order valence-electron chi connectivity index (χ1n) is 9.85. The smallest absolute Gasteiger partial charge is 0.403 e. The molecule has 0 bridgehead atoms. The Hall–Kier alpha value is -1.26. The zero-order chi connectivity index (χ0) is 18.7. The van der Waals surface area contributed by atoms with Gasteiger partial charge >= 0.3 is 6.36 Å². The average molecular weight is 372 g/mol. The van der Waals surface area contributed by atoms with Crippen LogP contribution in [0.3, 0.4) is 0 Å². The van der Waals surface area contributed by atoms with Gasteiger partial charge in [-0.1, -0.05) is 38.7 Å². The van der Waals surface area contributed by atoms with Gasteiger partial charge < -0.3 is 4.74 Å². The van der Waals surface area contributed by atoms with Crippen molar-refractivity contribution >= 4 is 0 Å². The van der Waals surface area contributed by atoms with Crippen molar-refractivity contribution in [3.8, 4) is 5.75 Å². The van der Waals surface area contributed by atoms with Gasteiger partial charge in [-0.25, -0.2) is 4.39 Å². The lowest BCUT2D eigenvalue weighted by molar-refractivity contribution is -0.275. The molecule has 146 valence electrons. The van der Waals surface area contributed by atoms with E-state index < -0.39 is 17.9 Å². The number of halogens is 4. The van der Waals surface area contributed by atoms with Crippen LogP contribution in [-0.4, -0.2) is 6.36 Å². The molecule has 3 rings (SSSR count). The SMILES string of the molecule is CC1CCC(CC2CCC(c3ccc(OC(F)(F)F)c(F)c3)CC2)CC1. The van der Waals surface area contributed by atoms with E-state index in [1.165, 1.54) is 38.2 Å². The van der Waals surface area contributed by atoms with E-state index in [9.17, 15) is 17.6 Å². The zero-order valence-electron chi connectivity index (χ0n) is 15.3. The minimum absolute atomic E-state index is 0.243. The van der Waals surface area contributed by atoms with Gasteiger partial charge in [-0.05, 0) is 73.5 Å². The molecule has 1 aromatic carbocycles. The number of benzene rings is 1. The third-order valence-corrected chi connectivity index (χ3v) is 6.30. The summed E-state index contributed by atoms with van der Waals surface area (Å²) >= 11 is 0. The summed E-state index contributed by atoms with van der Waals surface area (Å²) in [7, 11) is 0. The van der Waals surface area contributed by atoms with Gasteiger partial charge in [-0.3, -0.25) is 0 Å². The van der Waals surface area contributed by atoms with Crippen LogP contribution in [0.2, 0.25) is 0 Å². The van der Waals surface area contributed by atoms with Gasteiger partial charge in [0.1, 0.15) is 0 Å². The summed E-state index contributed by atoms with van der Waals surface area (Å²) in [5, 5.41) is 0. The van der Waals surface area contributed by atoms with Gasteiger partial charge in [0, 0.05) is 0 Å². The number of alkyl halides is 3. The zero-order valence-corrected chi connectivity index (χ0v) is 15.3.